The zero-order valence-electron chi connectivity index (χ0n) is 11.5. The van der Waals surface area contributed by atoms with Crippen molar-refractivity contribution in [2.45, 2.75) is 5.54 Å². The number of nitrogens with one attached hydrogen (secondary N) is 1. The molecule has 0 saturated carbocycles. The zero-order valence-corrected chi connectivity index (χ0v) is 13.1. The topological polar surface area (TPSA) is 58.6 Å². The van der Waals surface area contributed by atoms with Gasteiger partial charge in [-0.05, 0) is 23.8 Å². The van der Waals surface area contributed by atoms with Crippen LogP contribution in [0.1, 0.15) is 5.56 Å². The number of carbonyl (C=O) groups is 1. The summed E-state index contributed by atoms with van der Waals surface area (Å²) in [7, 11) is 1.49. The van der Waals surface area contributed by atoms with Crippen LogP contribution in [-0.2, 0) is 15.1 Å². The number of carboxylic acids is 1. The summed E-state index contributed by atoms with van der Waals surface area (Å²) in [6.07, 6.45) is 0. The second kappa shape index (κ2) is 6.74. The van der Waals surface area contributed by atoms with Gasteiger partial charge in [-0.3, -0.25) is 0 Å². The molecule has 4 nitrogen and oxygen atoms in total. The third kappa shape index (κ3) is 3.43. The number of aliphatic carboxylic acids is 1. The molecule has 110 valence electrons. The van der Waals surface area contributed by atoms with Gasteiger partial charge in [0.05, 0.1) is 6.61 Å². The molecule has 0 radical (unpaired) electrons. The lowest BCUT2D eigenvalue weighted by Crippen LogP contribution is -2.47. The summed E-state index contributed by atoms with van der Waals surface area (Å²) in [6.45, 7) is 0.0128. The Morgan fingerprint density at radius 2 is 1.95 bits per heavy atom. The third-order valence-corrected chi connectivity index (χ3v) is 3.67. The number of rotatable bonds is 6. The minimum atomic E-state index is -1.34. The molecular formula is C16H16BrNO3. The molecule has 0 heterocycles. The van der Waals surface area contributed by atoms with Gasteiger partial charge in [0.1, 0.15) is 0 Å². The van der Waals surface area contributed by atoms with Crippen LogP contribution in [0.4, 0.5) is 5.69 Å². The fraction of sp³-hybridized carbons (Fsp3) is 0.188. The number of hydrogen-bond donors (Lipinski definition) is 2. The fourth-order valence-corrected chi connectivity index (χ4v) is 2.58. The summed E-state index contributed by atoms with van der Waals surface area (Å²) in [6, 6.07) is 16.4. The Morgan fingerprint density at radius 3 is 2.52 bits per heavy atom. The van der Waals surface area contributed by atoms with Crippen molar-refractivity contribution in [2.24, 2.45) is 0 Å². The predicted octanol–water partition coefficient (Wildman–Crippen LogP) is 3.49. The Morgan fingerprint density at radius 1 is 1.24 bits per heavy atom. The summed E-state index contributed by atoms with van der Waals surface area (Å²) in [5.41, 5.74) is 0.00331. The molecule has 2 aromatic rings. The minimum absolute atomic E-state index is 0.0128. The number of benzene rings is 2. The van der Waals surface area contributed by atoms with Crippen LogP contribution in [0.25, 0.3) is 0 Å². The van der Waals surface area contributed by atoms with Gasteiger partial charge in [-0.1, -0.05) is 52.3 Å². The van der Waals surface area contributed by atoms with Crippen molar-refractivity contribution in [1.82, 2.24) is 0 Å². The van der Waals surface area contributed by atoms with E-state index in [1.165, 1.54) is 7.11 Å². The zero-order chi connectivity index (χ0) is 15.3. The summed E-state index contributed by atoms with van der Waals surface area (Å²) >= 11 is 3.38. The number of hydrogen-bond acceptors (Lipinski definition) is 3. The van der Waals surface area contributed by atoms with Gasteiger partial charge in [-0.25, -0.2) is 4.79 Å². The lowest BCUT2D eigenvalue weighted by molar-refractivity contribution is -0.144. The summed E-state index contributed by atoms with van der Waals surface area (Å²) in [5.74, 6) is -0.990. The van der Waals surface area contributed by atoms with Crippen LogP contribution in [0, 0.1) is 0 Å². The molecule has 0 amide bonds. The highest BCUT2D eigenvalue weighted by Crippen LogP contribution is 2.28. The second-order valence-corrected chi connectivity index (χ2v) is 5.56. The van der Waals surface area contributed by atoms with Gasteiger partial charge in [0.15, 0.2) is 5.54 Å². The molecule has 21 heavy (non-hydrogen) atoms. The van der Waals surface area contributed by atoms with Crippen LogP contribution in [0.2, 0.25) is 0 Å². The average molecular weight is 350 g/mol. The number of carboxylic acid groups (broad SMARTS) is 1. The fourth-order valence-electron chi connectivity index (χ4n) is 2.18. The van der Waals surface area contributed by atoms with Crippen molar-refractivity contribution in [2.75, 3.05) is 19.0 Å². The molecule has 2 rings (SSSR count). The van der Waals surface area contributed by atoms with E-state index in [2.05, 4.69) is 21.2 Å². The average Bonchev–Trinajstić information content (AvgIpc) is 2.47. The predicted molar refractivity (Wildman–Crippen MR) is 85.4 cm³/mol. The molecule has 5 heteroatoms. The molecule has 2 aromatic carbocycles. The number of halogens is 1. The van der Waals surface area contributed by atoms with E-state index in [1.807, 2.05) is 42.5 Å². The quantitative estimate of drug-likeness (QED) is 0.837. The van der Waals surface area contributed by atoms with Gasteiger partial charge in [-0.2, -0.15) is 0 Å². The Bertz CT molecular complexity index is 618. The van der Waals surface area contributed by atoms with Gasteiger partial charge in [0, 0.05) is 17.3 Å². The highest BCUT2D eigenvalue weighted by Gasteiger charge is 2.40. The van der Waals surface area contributed by atoms with Crippen molar-refractivity contribution in [3.63, 3.8) is 0 Å². The van der Waals surface area contributed by atoms with Crippen molar-refractivity contribution >= 4 is 27.6 Å². The number of methoxy groups -OCH3 is 1. The van der Waals surface area contributed by atoms with E-state index in [0.717, 1.165) is 4.47 Å². The van der Waals surface area contributed by atoms with Crippen LogP contribution in [0.15, 0.2) is 59.1 Å². The highest BCUT2D eigenvalue weighted by molar-refractivity contribution is 9.10. The van der Waals surface area contributed by atoms with Crippen molar-refractivity contribution < 1.29 is 14.6 Å². The summed E-state index contributed by atoms with van der Waals surface area (Å²) in [4.78, 5) is 11.9. The minimum Gasteiger partial charge on any atom is -0.479 e. The van der Waals surface area contributed by atoms with Gasteiger partial charge in [-0.15, -0.1) is 0 Å². The van der Waals surface area contributed by atoms with Crippen LogP contribution < -0.4 is 5.32 Å². The molecule has 0 saturated heterocycles. The first-order valence-corrected chi connectivity index (χ1v) is 7.19. The van der Waals surface area contributed by atoms with Gasteiger partial charge in [0.2, 0.25) is 0 Å². The molecule has 0 aromatic heterocycles. The lowest BCUT2D eigenvalue weighted by Gasteiger charge is -2.31. The summed E-state index contributed by atoms with van der Waals surface area (Å²) in [5, 5.41) is 12.9. The molecule has 2 N–H and O–H groups in total. The maximum atomic E-state index is 11.9. The van der Waals surface area contributed by atoms with Gasteiger partial charge in [0.25, 0.3) is 0 Å². The van der Waals surface area contributed by atoms with E-state index in [4.69, 9.17) is 4.74 Å². The first-order chi connectivity index (χ1) is 10.1. The molecule has 0 spiro atoms. The standard InChI is InChI=1S/C16H16BrNO3/c1-21-11-16(15(19)20,12-6-3-2-4-7-12)18-14-9-5-8-13(17)10-14/h2-10,18H,11H2,1H3,(H,19,20). The van der Waals surface area contributed by atoms with Crippen molar-refractivity contribution in [1.29, 1.82) is 0 Å². The Balaban J connectivity index is 2.47. The molecular weight excluding hydrogens is 334 g/mol. The van der Waals surface area contributed by atoms with E-state index < -0.39 is 11.5 Å². The van der Waals surface area contributed by atoms with Crippen LogP contribution in [0.5, 0.6) is 0 Å². The highest BCUT2D eigenvalue weighted by atomic mass is 79.9. The van der Waals surface area contributed by atoms with Crippen molar-refractivity contribution in [3.8, 4) is 0 Å². The third-order valence-electron chi connectivity index (χ3n) is 3.17. The number of anilines is 1. The molecule has 0 aliphatic carbocycles. The monoisotopic (exact) mass is 349 g/mol. The van der Waals surface area contributed by atoms with Gasteiger partial charge < -0.3 is 15.2 Å². The van der Waals surface area contributed by atoms with Crippen LogP contribution in [-0.4, -0.2) is 24.8 Å². The SMILES string of the molecule is COCC(Nc1cccc(Br)c1)(C(=O)O)c1ccccc1. The van der Waals surface area contributed by atoms with E-state index in [1.54, 1.807) is 12.1 Å². The maximum Gasteiger partial charge on any atom is 0.336 e. The molecule has 0 aliphatic rings. The molecule has 1 unspecified atom stereocenters. The molecule has 1 atom stereocenters. The van der Waals surface area contributed by atoms with E-state index in [9.17, 15) is 9.90 Å². The first-order valence-electron chi connectivity index (χ1n) is 6.40. The molecule has 0 bridgehead atoms. The summed E-state index contributed by atoms with van der Waals surface area (Å²) < 4.78 is 6.04. The van der Waals surface area contributed by atoms with E-state index in [-0.39, 0.29) is 6.61 Å². The van der Waals surface area contributed by atoms with E-state index >= 15 is 0 Å². The second-order valence-electron chi connectivity index (χ2n) is 4.64. The Labute approximate surface area is 131 Å². The first kappa shape index (κ1) is 15.5. The largest absolute Gasteiger partial charge is 0.479 e. The molecule has 0 aliphatic heterocycles. The Hall–Kier alpha value is -1.85. The normalized spacial score (nSPS) is 13.4. The van der Waals surface area contributed by atoms with E-state index in [0.29, 0.717) is 11.3 Å². The van der Waals surface area contributed by atoms with Crippen molar-refractivity contribution in [3.05, 3.63) is 64.6 Å². The lowest BCUT2D eigenvalue weighted by atomic mass is 9.90. The number of ether oxygens (including phenoxy) is 1. The van der Waals surface area contributed by atoms with Crippen LogP contribution >= 0.6 is 15.9 Å². The van der Waals surface area contributed by atoms with Crippen LogP contribution in [0.3, 0.4) is 0 Å². The Kier molecular flexibility index (Phi) is 4.98. The smallest absolute Gasteiger partial charge is 0.336 e. The molecule has 0 fully saturated rings. The van der Waals surface area contributed by atoms with Gasteiger partial charge >= 0.3 is 5.97 Å². The maximum absolute atomic E-state index is 11.9.